The second kappa shape index (κ2) is 3.07. The lowest BCUT2D eigenvalue weighted by molar-refractivity contribution is 0.295. The Hall–Kier alpha value is -1.40. The van der Waals surface area contributed by atoms with Crippen molar-refractivity contribution in [2.75, 3.05) is 0 Å². The van der Waals surface area contributed by atoms with Crippen molar-refractivity contribution < 1.29 is 9.13 Å². The highest BCUT2D eigenvalue weighted by molar-refractivity contribution is 5.33. The molecule has 2 unspecified atom stereocenters. The number of hydrogen-bond donors (Lipinski definition) is 0. The summed E-state index contributed by atoms with van der Waals surface area (Å²) in [6.45, 7) is 1.93. The van der Waals surface area contributed by atoms with Crippen molar-refractivity contribution in [3.8, 4) is 6.07 Å². The second-order valence-corrected chi connectivity index (χ2v) is 3.38. The fourth-order valence-electron chi connectivity index (χ4n) is 1.75. The normalized spacial score (nSPS) is 29.6. The molecule has 0 bridgehead atoms. The predicted molar refractivity (Wildman–Crippen MR) is 48.9 cm³/mol. The minimum absolute atomic E-state index is 0.289. The molecule has 0 spiro atoms. The Bertz CT molecular complexity index is 399. The molecule has 1 aliphatic rings. The second-order valence-electron chi connectivity index (χ2n) is 3.38. The van der Waals surface area contributed by atoms with E-state index in [2.05, 4.69) is 6.07 Å². The van der Waals surface area contributed by atoms with Crippen LogP contribution in [0.2, 0.25) is 0 Å². The summed E-state index contributed by atoms with van der Waals surface area (Å²) in [5, 5.41) is 8.73. The number of halogens is 1. The molecule has 1 fully saturated rings. The fourth-order valence-corrected chi connectivity index (χ4v) is 1.75. The third-order valence-electron chi connectivity index (χ3n) is 2.65. The molecule has 0 saturated carbocycles. The molecule has 72 valence electrons. The molecule has 0 amide bonds. The van der Waals surface area contributed by atoms with Crippen LogP contribution in [0.25, 0.3) is 0 Å². The summed E-state index contributed by atoms with van der Waals surface area (Å²) in [7, 11) is 0. The molecule has 0 aromatic heterocycles. The number of benzene rings is 1. The van der Waals surface area contributed by atoms with Crippen molar-refractivity contribution in [1.82, 2.24) is 0 Å². The molecule has 1 aliphatic heterocycles. The van der Waals surface area contributed by atoms with Gasteiger partial charge < -0.3 is 4.74 Å². The Morgan fingerprint density at radius 1 is 1.64 bits per heavy atom. The van der Waals surface area contributed by atoms with Gasteiger partial charge in [-0.3, -0.25) is 0 Å². The lowest BCUT2D eigenvalue weighted by Gasteiger charge is -2.08. The van der Waals surface area contributed by atoms with Gasteiger partial charge in [0.15, 0.2) is 6.10 Å². The van der Waals surface area contributed by atoms with Crippen LogP contribution in [0.3, 0.4) is 0 Å². The van der Waals surface area contributed by atoms with Gasteiger partial charge in [-0.15, -0.1) is 0 Å². The quantitative estimate of drug-likeness (QED) is 0.673. The zero-order valence-corrected chi connectivity index (χ0v) is 7.83. The summed E-state index contributed by atoms with van der Waals surface area (Å²) in [5.41, 5.74) is 0.197. The lowest BCUT2D eigenvalue weighted by atomic mass is 9.93. The molecule has 2 nitrogen and oxygen atoms in total. The summed E-state index contributed by atoms with van der Waals surface area (Å²) in [4.78, 5) is 0. The summed E-state index contributed by atoms with van der Waals surface area (Å²) < 4.78 is 18.3. The van der Waals surface area contributed by atoms with Crippen LogP contribution < -0.4 is 0 Å². The van der Waals surface area contributed by atoms with Crippen LogP contribution in [-0.2, 0) is 10.3 Å². The van der Waals surface area contributed by atoms with E-state index in [-0.39, 0.29) is 5.82 Å². The highest BCUT2D eigenvalue weighted by Crippen LogP contribution is 2.48. The number of ether oxygens (including phenoxy) is 1. The molecule has 1 aromatic carbocycles. The average molecular weight is 191 g/mol. The summed E-state index contributed by atoms with van der Waals surface area (Å²) in [6.07, 6.45) is 0.267. The Balaban J connectivity index is 2.36. The van der Waals surface area contributed by atoms with Gasteiger partial charge in [0.25, 0.3) is 0 Å². The maximum Gasteiger partial charge on any atom is 0.178 e. The molecular weight excluding hydrogens is 181 g/mol. The smallest absolute Gasteiger partial charge is 0.178 e. The van der Waals surface area contributed by atoms with E-state index in [0.717, 1.165) is 5.56 Å². The molecule has 1 aromatic rings. The summed E-state index contributed by atoms with van der Waals surface area (Å²) in [5.74, 6) is -0.289. The zero-order valence-electron chi connectivity index (χ0n) is 7.83. The summed E-state index contributed by atoms with van der Waals surface area (Å²) in [6, 6.07) is 8.30. The molecule has 0 aliphatic carbocycles. The number of rotatable bonds is 2. The Morgan fingerprint density at radius 3 is 2.93 bits per heavy atom. The van der Waals surface area contributed by atoms with E-state index in [4.69, 9.17) is 10.00 Å². The van der Waals surface area contributed by atoms with Crippen LogP contribution in [0.1, 0.15) is 18.9 Å². The fraction of sp³-hybridized carbons (Fsp3) is 0.364. The number of nitriles is 1. The van der Waals surface area contributed by atoms with Crippen molar-refractivity contribution in [2.45, 2.75) is 25.0 Å². The molecule has 2 rings (SSSR count). The first kappa shape index (κ1) is 9.17. The number of nitrogens with zero attached hydrogens (tertiary/aromatic N) is 1. The van der Waals surface area contributed by atoms with Gasteiger partial charge >= 0.3 is 0 Å². The van der Waals surface area contributed by atoms with Gasteiger partial charge in [-0.2, -0.15) is 5.26 Å². The molecule has 1 saturated heterocycles. The third kappa shape index (κ3) is 1.19. The predicted octanol–water partition coefficient (Wildman–Crippen LogP) is 2.35. The number of epoxide rings is 1. The minimum Gasteiger partial charge on any atom is -0.345 e. The van der Waals surface area contributed by atoms with Crippen LogP contribution >= 0.6 is 0 Å². The first-order chi connectivity index (χ1) is 6.73. The number of hydrogen-bond acceptors (Lipinski definition) is 2. The molecular formula is C11H10FNO. The van der Waals surface area contributed by atoms with Crippen molar-refractivity contribution in [1.29, 1.82) is 5.26 Å². The van der Waals surface area contributed by atoms with Crippen molar-refractivity contribution >= 4 is 0 Å². The Kier molecular flexibility index (Phi) is 2.01. The van der Waals surface area contributed by atoms with E-state index in [1.54, 1.807) is 12.1 Å². The van der Waals surface area contributed by atoms with E-state index >= 15 is 0 Å². The lowest BCUT2D eigenvalue weighted by Crippen LogP contribution is -2.10. The van der Waals surface area contributed by atoms with Crippen molar-refractivity contribution in [2.24, 2.45) is 0 Å². The average Bonchev–Trinajstić information content (AvgIpc) is 2.93. The van der Waals surface area contributed by atoms with Crippen LogP contribution in [-0.4, -0.2) is 6.10 Å². The van der Waals surface area contributed by atoms with Gasteiger partial charge in [0.05, 0.1) is 6.07 Å². The standard InChI is InChI=1S/C11H10FNO/c1-2-11(10(7-13)14-11)8-4-3-5-9(12)6-8/h3-6,10H,2H2,1H3. The maximum absolute atomic E-state index is 13.0. The van der Waals surface area contributed by atoms with E-state index in [9.17, 15) is 4.39 Å². The molecule has 14 heavy (non-hydrogen) atoms. The van der Waals surface area contributed by atoms with Crippen LogP contribution in [0.15, 0.2) is 24.3 Å². The first-order valence-corrected chi connectivity index (χ1v) is 4.56. The van der Waals surface area contributed by atoms with E-state index in [0.29, 0.717) is 6.42 Å². The van der Waals surface area contributed by atoms with Crippen LogP contribution in [0.4, 0.5) is 4.39 Å². The SMILES string of the molecule is CCC1(c2cccc(F)c2)OC1C#N. The molecule has 0 radical (unpaired) electrons. The first-order valence-electron chi connectivity index (χ1n) is 4.56. The van der Waals surface area contributed by atoms with Gasteiger partial charge in [0.1, 0.15) is 11.4 Å². The maximum atomic E-state index is 13.0. The van der Waals surface area contributed by atoms with Gasteiger partial charge in [-0.25, -0.2) is 4.39 Å². The van der Waals surface area contributed by atoms with Gasteiger partial charge in [-0.1, -0.05) is 19.1 Å². The summed E-state index contributed by atoms with van der Waals surface area (Å²) >= 11 is 0. The topological polar surface area (TPSA) is 36.3 Å². The zero-order chi connectivity index (χ0) is 10.2. The minimum atomic E-state index is -0.559. The van der Waals surface area contributed by atoms with Crippen LogP contribution in [0, 0.1) is 17.1 Å². The molecule has 2 atom stereocenters. The van der Waals surface area contributed by atoms with Gasteiger partial charge in [0, 0.05) is 0 Å². The van der Waals surface area contributed by atoms with E-state index < -0.39 is 11.7 Å². The Labute approximate surface area is 81.9 Å². The van der Waals surface area contributed by atoms with Crippen molar-refractivity contribution in [3.63, 3.8) is 0 Å². The Morgan fingerprint density at radius 2 is 2.43 bits per heavy atom. The van der Waals surface area contributed by atoms with Crippen LogP contribution in [0.5, 0.6) is 0 Å². The van der Waals surface area contributed by atoms with Crippen molar-refractivity contribution in [3.05, 3.63) is 35.6 Å². The molecule has 0 N–H and O–H groups in total. The molecule has 3 heteroatoms. The molecule has 1 heterocycles. The monoisotopic (exact) mass is 191 g/mol. The largest absolute Gasteiger partial charge is 0.345 e. The van der Waals surface area contributed by atoms with Gasteiger partial charge in [0.2, 0.25) is 0 Å². The third-order valence-corrected chi connectivity index (χ3v) is 2.65. The highest BCUT2D eigenvalue weighted by Gasteiger charge is 2.57. The highest BCUT2D eigenvalue weighted by atomic mass is 19.1. The van der Waals surface area contributed by atoms with E-state index in [1.165, 1.54) is 12.1 Å². The van der Waals surface area contributed by atoms with E-state index in [1.807, 2.05) is 6.92 Å². The van der Waals surface area contributed by atoms with Gasteiger partial charge in [-0.05, 0) is 24.1 Å².